The van der Waals surface area contributed by atoms with Crippen molar-refractivity contribution in [1.29, 1.82) is 0 Å². The number of halogens is 1. The van der Waals surface area contributed by atoms with E-state index in [2.05, 4.69) is 30.6 Å². The molecule has 1 aromatic carbocycles. The fraction of sp³-hybridized carbons (Fsp3) is 0.318. The molecule has 0 bridgehead atoms. The van der Waals surface area contributed by atoms with Crippen LogP contribution in [0.4, 0.5) is 10.2 Å². The summed E-state index contributed by atoms with van der Waals surface area (Å²) in [5.41, 5.74) is 2.07. The van der Waals surface area contributed by atoms with Gasteiger partial charge in [-0.3, -0.25) is 0 Å². The first kappa shape index (κ1) is 19.9. The van der Waals surface area contributed by atoms with Gasteiger partial charge in [-0.1, -0.05) is 30.3 Å². The number of imidazole rings is 1. The van der Waals surface area contributed by atoms with Gasteiger partial charge in [0.25, 0.3) is 0 Å². The summed E-state index contributed by atoms with van der Waals surface area (Å²) in [7, 11) is 0. The summed E-state index contributed by atoms with van der Waals surface area (Å²) < 4.78 is 14.0. The van der Waals surface area contributed by atoms with Crippen LogP contribution >= 0.6 is 0 Å². The molecule has 0 radical (unpaired) electrons. The molecule has 1 fully saturated rings. The number of pyridine rings is 1. The maximum atomic E-state index is 14.0. The number of rotatable bonds is 6. The molecule has 3 N–H and O–H groups in total. The molecule has 4 rings (SSSR count). The predicted octanol–water partition coefficient (Wildman–Crippen LogP) is 2.94. The molecular formula is C22H26FN7. The molecule has 1 unspecified atom stereocenters. The predicted molar refractivity (Wildman–Crippen MR) is 117 cm³/mol. The summed E-state index contributed by atoms with van der Waals surface area (Å²) in [5, 5.41) is 6.72. The van der Waals surface area contributed by atoms with Gasteiger partial charge in [-0.2, -0.15) is 0 Å². The second-order valence-electron chi connectivity index (χ2n) is 7.19. The molecule has 30 heavy (non-hydrogen) atoms. The zero-order valence-electron chi connectivity index (χ0n) is 17.0. The van der Waals surface area contributed by atoms with E-state index in [1.54, 1.807) is 12.3 Å². The first-order valence-corrected chi connectivity index (χ1v) is 10.2. The highest BCUT2D eigenvalue weighted by molar-refractivity contribution is 5.80. The molecule has 1 saturated heterocycles. The Morgan fingerprint density at radius 1 is 1.23 bits per heavy atom. The Morgan fingerprint density at radius 3 is 2.90 bits per heavy atom. The number of nitrogens with one attached hydrogen (secondary N) is 3. The van der Waals surface area contributed by atoms with Crippen LogP contribution in [0.3, 0.4) is 0 Å². The fourth-order valence-corrected chi connectivity index (χ4v) is 3.56. The number of anilines is 1. The second kappa shape index (κ2) is 9.39. The summed E-state index contributed by atoms with van der Waals surface area (Å²) >= 11 is 0. The van der Waals surface area contributed by atoms with Crippen molar-refractivity contribution in [2.75, 3.05) is 24.5 Å². The third kappa shape index (κ3) is 4.76. The van der Waals surface area contributed by atoms with Gasteiger partial charge in [0.15, 0.2) is 17.6 Å². The lowest BCUT2D eigenvalue weighted by atomic mass is 10.2. The maximum Gasteiger partial charge on any atom is 0.191 e. The van der Waals surface area contributed by atoms with Crippen LogP contribution in [0.25, 0.3) is 11.3 Å². The molecule has 0 aliphatic carbocycles. The van der Waals surface area contributed by atoms with Crippen molar-refractivity contribution in [1.82, 2.24) is 25.6 Å². The molecule has 3 aromatic rings. The van der Waals surface area contributed by atoms with Crippen LogP contribution in [0, 0.1) is 5.82 Å². The highest BCUT2D eigenvalue weighted by Gasteiger charge is 2.25. The molecular weight excluding hydrogens is 381 g/mol. The summed E-state index contributed by atoms with van der Waals surface area (Å²) in [6, 6.07) is 13.3. The molecule has 0 amide bonds. The van der Waals surface area contributed by atoms with E-state index in [9.17, 15) is 4.39 Å². The van der Waals surface area contributed by atoms with Gasteiger partial charge < -0.3 is 20.5 Å². The Bertz CT molecular complexity index is 986. The van der Waals surface area contributed by atoms with Crippen LogP contribution in [-0.2, 0) is 6.54 Å². The maximum absolute atomic E-state index is 14.0. The highest BCUT2D eigenvalue weighted by atomic mass is 19.1. The van der Waals surface area contributed by atoms with Crippen LogP contribution in [0.2, 0.25) is 0 Å². The Hall–Kier alpha value is -3.42. The van der Waals surface area contributed by atoms with Crippen molar-refractivity contribution in [3.63, 3.8) is 0 Å². The Morgan fingerprint density at radius 2 is 2.10 bits per heavy atom. The summed E-state index contributed by atoms with van der Waals surface area (Å²) in [6.07, 6.45) is 4.34. The molecule has 156 valence electrons. The molecule has 1 aliphatic rings. The minimum atomic E-state index is -0.286. The SMILES string of the molecule is CCNC(=NCc1ncc(-c2ccccc2)[nH]1)NC1CCN(c2ncccc2F)C1. The van der Waals surface area contributed by atoms with E-state index in [1.165, 1.54) is 6.07 Å². The van der Waals surface area contributed by atoms with E-state index in [0.29, 0.717) is 18.9 Å². The first-order chi connectivity index (χ1) is 14.7. The highest BCUT2D eigenvalue weighted by Crippen LogP contribution is 2.21. The standard InChI is InChI=1S/C22H26FN7/c1-2-24-22(27-14-20-26-13-19(29-20)16-7-4-3-5-8-16)28-17-10-12-30(15-17)21-18(23)9-6-11-25-21/h3-9,11,13,17H,2,10,12,14-15H2,1H3,(H,26,29)(H2,24,27,28). The van der Waals surface area contributed by atoms with Crippen LogP contribution in [-0.4, -0.2) is 46.6 Å². The van der Waals surface area contributed by atoms with E-state index >= 15 is 0 Å². The number of nitrogens with zero attached hydrogens (tertiary/aromatic N) is 4. The number of hydrogen-bond donors (Lipinski definition) is 3. The molecule has 8 heteroatoms. The molecule has 3 heterocycles. The van der Waals surface area contributed by atoms with E-state index in [0.717, 1.165) is 42.6 Å². The molecule has 2 aromatic heterocycles. The minimum Gasteiger partial charge on any atom is -0.357 e. The number of H-pyrrole nitrogens is 1. The van der Waals surface area contributed by atoms with Gasteiger partial charge in [0, 0.05) is 31.9 Å². The Balaban J connectivity index is 1.38. The van der Waals surface area contributed by atoms with E-state index in [4.69, 9.17) is 0 Å². The smallest absolute Gasteiger partial charge is 0.191 e. The van der Waals surface area contributed by atoms with Crippen molar-refractivity contribution >= 4 is 11.8 Å². The number of guanidine groups is 1. The normalized spacial score (nSPS) is 16.7. The van der Waals surface area contributed by atoms with Crippen molar-refractivity contribution in [2.45, 2.75) is 25.9 Å². The number of hydrogen-bond acceptors (Lipinski definition) is 4. The third-order valence-corrected chi connectivity index (χ3v) is 5.01. The monoisotopic (exact) mass is 407 g/mol. The Labute approximate surface area is 175 Å². The zero-order chi connectivity index (χ0) is 20.8. The number of aromatic amines is 1. The Kier molecular flexibility index (Phi) is 6.22. The van der Waals surface area contributed by atoms with E-state index in [-0.39, 0.29) is 11.9 Å². The molecule has 7 nitrogen and oxygen atoms in total. The minimum absolute atomic E-state index is 0.167. The fourth-order valence-electron chi connectivity index (χ4n) is 3.56. The van der Waals surface area contributed by atoms with Crippen LogP contribution in [0.15, 0.2) is 59.9 Å². The van der Waals surface area contributed by atoms with E-state index in [1.807, 2.05) is 48.4 Å². The lowest BCUT2D eigenvalue weighted by molar-refractivity contribution is 0.612. The van der Waals surface area contributed by atoms with Gasteiger partial charge >= 0.3 is 0 Å². The summed E-state index contributed by atoms with van der Waals surface area (Å²) in [6.45, 7) is 4.65. The molecule has 0 saturated carbocycles. The second-order valence-corrected chi connectivity index (χ2v) is 7.19. The molecule has 1 atom stereocenters. The van der Waals surface area contributed by atoms with Crippen LogP contribution in [0.5, 0.6) is 0 Å². The zero-order valence-corrected chi connectivity index (χ0v) is 17.0. The third-order valence-electron chi connectivity index (χ3n) is 5.01. The topological polar surface area (TPSA) is 81.2 Å². The number of aromatic nitrogens is 3. The van der Waals surface area contributed by atoms with E-state index < -0.39 is 0 Å². The van der Waals surface area contributed by atoms with Crippen molar-refractivity contribution < 1.29 is 4.39 Å². The van der Waals surface area contributed by atoms with Crippen molar-refractivity contribution in [2.24, 2.45) is 4.99 Å². The lowest BCUT2D eigenvalue weighted by Crippen LogP contribution is -2.44. The van der Waals surface area contributed by atoms with Crippen LogP contribution < -0.4 is 15.5 Å². The van der Waals surface area contributed by atoms with Crippen molar-refractivity contribution in [3.8, 4) is 11.3 Å². The van der Waals surface area contributed by atoms with Gasteiger partial charge in [0.05, 0.1) is 11.9 Å². The first-order valence-electron chi connectivity index (χ1n) is 10.2. The lowest BCUT2D eigenvalue weighted by Gasteiger charge is -2.19. The van der Waals surface area contributed by atoms with Gasteiger partial charge in [-0.25, -0.2) is 19.4 Å². The number of benzene rings is 1. The summed E-state index contributed by atoms with van der Waals surface area (Å²) in [5.74, 6) is 1.65. The largest absolute Gasteiger partial charge is 0.357 e. The molecule has 1 aliphatic heterocycles. The summed E-state index contributed by atoms with van der Waals surface area (Å²) in [4.78, 5) is 18.6. The van der Waals surface area contributed by atoms with Crippen LogP contribution in [0.1, 0.15) is 19.2 Å². The van der Waals surface area contributed by atoms with Crippen molar-refractivity contribution in [3.05, 3.63) is 66.5 Å². The van der Waals surface area contributed by atoms with Gasteiger partial charge in [-0.05, 0) is 31.0 Å². The van der Waals surface area contributed by atoms with Gasteiger partial charge in [0.2, 0.25) is 0 Å². The average Bonchev–Trinajstić information content (AvgIpc) is 3.43. The molecule has 0 spiro atoms. The quantitative estimate of drug-likeness (QED) is 0.432. The average molecular weight is 407 g/mol. The van der Waals surface area contributed by atoms with Gasteiger partial charge in [0.1, 0.15) is 12.4 Å². The number of aliphatic imine (C=N–C) groups is 1. The van der Waals surface area contributed by atoms with Gasteiger partial charge in [-0.15, -0.1) is 0 Å².